The van der Waals surface area contributed by atoms with Crippen molar-refractivity contribution < 1.29 is 9.59 Å². The highest BCUT2D eigenvalue weighted by Crippen LogP contribution is 2.41. The molecule has 0 heterocycles. The van der Waals surface area contributed by atoms with Crippen LogP contribution in [-0.4, -0.2) is 11.8 Å². The molecular formula is C22H26N2O2. The maximum Gasteiger partial charge on any atom is 0.228 e. The van der Waals surface area contributed by atoms with Crippen molar-refractivity contribution in [1.82, 2.24) is 0 Å². The van der Waals surface area contributed by atoms with E-state index in [1.54, 1.807) is 0 Å². The van der Waals surface area contributed by atoms with E-state index in [9.17, 15) is 9.59 Å². The Bertz CT molecular complexity index is 825. The molecule has 4 heteroatoms. The minimum absolute atomic E-state index is 0.0646. The summed E-state index contributed by atoms with van der Waals surface area (Å²) in [6, 6.07) is 13.7. The van der Waals surface area contributed by atoms with E-state index in [1.165, 1.54) is 0 Å². The highest BCUT2D eigenvalue weighted by Gasteiger charge is 2.48. The van der Waals surface area contributed by atoms with Gasteiger partial charge in [0.1, 0.15) is 0 Å². The van der Waals surface area contributed by atoms with Gasteiger partial charge >= 0.3 is 0 Å². The number of rotatable bonds is 5. The molecule has 26 heavy (non-hydrogen) atoms. The molecule has 2 aromatic rings. The normalized spacial score (nSPS) is 18.5. The number of carbonyl (C=O) groups is 2. The van der Waals surface area contributed by atoms with Crippen molar-refractivity contribution in [3.8, 4) is 0 Å². The van der Waals surface area contributed by atoms with E-state index in [1.807, 2.05) is 56.3 Å². The molecule has 0 aromatic heterocycles. The Kier molecular flexibility index (Phi) is 5.12. The summed E-state index contributed by atoms with van der Waals surface area (Å²) in [5, 5.41) is 5.96. The average Bonchev–Trinajstić information content (AvgIpc) is 3.39. The van der Waals surface area contributed by atoms with E-state index in [4.69, 9.17) is 0 Å². The number of para-hydroxylation sites is 1. The lowest BCUT2D eigenvalue weighted by Crippen LogP contribution is -2.21. The van der Waals surface area contributed by atoms with Gasteiger partial charge in [0.2, 0.25) is 11.8 Å². The summed E-state index contributed by atoms with van der Waals surface area (Å²) in [4.78, 5) is 25.0. The fourth-order valence-corrected chi connectivity index (χ4v) is 3.20. The van der Waals surface area contributed by atoms with E-state index in [2.05, 4.69) is 24.5 Å². The minimum Gasteiger partial charge on any atom is -0.326 e. The third-order valence-corrected chi connectivity index (χ3v) is 4.96. The van der Waals surface area contributed by atoms with Crippen molar-refractivity contribution in [3.05, 3.63) is 59.2 Å². The Morgan fingerprint density at radius 3 is 2.15 bits per heavy atom. The molecule has 0 spiro atoms. The van der Waals surface area contributed by atoms with Crippen LogP contribution in [0.15, 0.2) is 42.5 Å². The number of hydrogen-bond donors (Lipinski definition) is 2. The van der Waals surface area contributed by atoms with E-state index in [-0.39, 0.29) is 23.7 Å². The van der Waals surface area contributed by atoms with Gasteiger partial charge in [0.15, 0.2) is 0 Å². The Labute approximate surface area is 155 Å². The Morgan fingerprint density at radius 2 is 1.54 bits per heavy atom. The first kappa shape index (κ1) is 18.2. The van der Waals surface area contributed by atoms with E-state index < -0.39 is 0 Å². The number of amides is 2. The standard InChI is InChI=1S/C22H26N2O2/c1-13(2)17-7-5-6-15(4)20(17)24-22(26)19-12-18(19)21(25)23-16-10-8-14(3)9-11-16/h5-11,13,18-19H,12H2,1-4H3,(H,23,25)(H,24,26). The van der Waals surface area contributed by atoms with Gasteiger partial charge in [0, 0.05) is 11.4 Å². The van der Waals surface area contributed by atoms with Crippen LogP contribution >= 0.6 is 0 Å². The molecule has 2 unspecified atom stereocenters. The van der Waals surface area contributed by atoms with Gasteiger partial charge in [0.25, 0.3) is 0 Å². The largest absolute Gasteiger partial charge is 0.326 e. The molecule has 0 saturated heterocycles. The van der Waals surface area contributed by atoms with Crippen LogP contribution in [0.25, 0.3) is 0 Å². The molecule has 0 aliphatic heterocycles. The molecule has 1 aliphatic rings. The maximum absolute atomic E-state index is 12.6. The highest BCUT2D eigenvalue weighted by molar-refractivity contribution is 6.03. The number of benzene rings is 2. The summed E-state index contributed by atoms with van der Waals surface area (Å²) in [5.41, 5.74) is 4.97. The SMILES string of the molecule is Cc1ccc(NC(=O)C2CC2C(=O)Nc2c(C)cccc2C(C)C)cc1. The smallest absolute Gasteiger partial charge is 0.228 e. The molecule has 2 atom stereocenters. The van der Waals surface area contributed by atoms with Crippen molar-refractivity contribution in [3.63, 3.8) is 0 Å². The first-order chi connectivity index (χ1) is 12.4. The van der Waals surface area contributed by atoms with Crippen LogP contribution in [0.4, 0.5) is 11.4 Å². The fourth-order valence-electron chi connectivity index (χ4n) is 3.20. The molecule has 0 bridgehead atoms. The average molecular weight is 350 g/mol. The fraction of sp³-hybridized carbons (Fsp3) is 0.364. The Morgan fingerprint density at radius 1 is 0.923 bits per heavy atom. The number of carbonyl (C=O) groups excluding carboxylic acids is 2. The monoisotopic (exact) mass is 350 g/mol. The summed E-state index contributed by atoms with van der Waals surface area (Å²) in [7, 11) is 0. The number of anilines is 2. The van der Waals surface area contributed by atoms with E-state index in [0.29, 0.717) is 12.3 Å². The third kappa shape index (κ3) is 3.96. The quantitative estimate of drug-likeness (QED) is 0.825. The Balaban J connectivity index is 1.63. The molecule has 2 amide bonds. The second kappa shape index (κ2) is 7.32. The molecule has 2 N–H and O–H groups in total. The van der Waals surface area contributed by atoms with E-state index >= 15 is 0 Å². The van der Waals surface area contributed by atoms with Crippen LogP contribution in [-0.2, 0) is 9.59 Å². The summed E-state index contributed by atoms with van der Waals surface area (Å²) >= 11 is 0. The van der Waals surface area contributed by atoms with E-state index in [0.717, 1.165) is 28.1 Å². The van der Waals surface area contributed by atoms with Crippen LogP contribution in [0, 0.1) is 25.7 Å². The molecule has 4 nitrogen and oxygen atoms in total. The summed E-state index contributed by atoms with van der Waals surface area (Å²) < 4.78 is 0. The molecule has 1 aliphatic carbocycles. The molecule has 136 valence electrons. The van der Waals surface area contributed by atoms with Crippen molar-refractivity contribution in [1.29, 1.82) is 0 Å². The first-order valence-corrected chi connectivity index (χ1v) is 9.14. The van der Waals surface area contributed by atoms with Crippen LogP contribution in [0.5, 0.6) is 0 Å². The topological polar surface area (TPSA) is 58.2 Å². The third-order valence-electron chi connectivity index (χ3n) is 4.96. The summed E-state index contributed by atoms with van der Waals surface area (Å²) in [6.07, 6.45) is 0.604. The molecule has 2 aromatic carbocycles. The van der Waals surface area contributed by atoms with Gasteiger partial charge in [-0.1, -0.05) is 49.7 Å². The number of nitrogens with one attached hydrogen (secondary N) is 2. The van der Waals surface area contributed by atoms with Crippen LogP contribution < -0.4 is 10.6 Å². The Hall–Kier alpha value is -2.62. The van der Waals surface area contributed by atoms with Gasteiger partial charge in [-0.15, -0.1) is 0 Å². The molecular weight excluding hydrogens is 324 g/mol. The zero-order valence-electron chi connectivity index (χ0n) is 15.8. The molecule has 0 radical (unpaired) electrons. The van der Waals surface area contributed by atoms with Gasteiger partial charge in [0.05, 0.1) is 11.8 Å². The lowest BCUT2D eigenvalue weighted by molar-refractivity contribution is -0.122. The van der Waals surface area contributed by atoms with Gasteiger partial charge in [-0.2, -0.15) is 0 Å². The molecule has 3 rings (SSSR count). The first-order valence-electron chi connectivity index (χ1n) is 9.14. The highest BCUT2D eigenvalue weighted by atomic mass is 16.2. The molecule has 1 saturated carbocycles. The number of hydrogen-bond acceptors (Lipinski definition) is 2. The van der Waals surface area contributed by atoms with Crippen LogP contribution in [0.2, 0.25) is 0 Å². The second-order valence-corrected chi connectivity index (χ2v) is 7.49. The predicted octanol–water partition coefficient (Wildman–Crippen LogP) is 4.64. The lowest BCUT2D eigenvalue weighted by Gasteiger charge is -2.16. The maximum atomic E-state index is 12.6. The summed E-state index contributed by atoms with van der Waals surface area (Å²) in [6.45, 7) is 8.22. The van der Waals surface area contributed by atoms with Gasteiger partial charge in [-0.25, -0.2) is 0 Å². The lowest BCUT2D eigenvalue weighted by atomic mass is 9.98. The zero-order chi connectivity index (χ0) is 18.8. The van der Waals surface area contributed by atoms with Gasteiger partial charge in [-0.3, -0.25) is 9.59 Å². The van der Waals surface area contributed by atoms with Crippen molar-refractivity contribution in [2.75, 3.05) is 10.6 Å². The van der Waals surface area contributed by atoms with Gasteiger partial charge < -0.3 is 10.6 Å². The van der Waals surface area contributed by atoms with Crippen molar-refractivity contribution >= 4 is 23.2 Å². The van der Waals surface area contributed by atoms with Crippen molar-refractivity contribution in [2.24, 2.45) is 11.8 Å². The second-order valence-electron chi connectivity index (χ2n) is 7.49. The van der Waals surface area contributed by atoms with Crippen molar-refractivity contribution in [2.45, 2.75) is 40.0 Å². The molecule has 1 fully saturated rings. The van der Waals surface area contributed by atoms with Crippen LogP contribution in [0.3, 0.4) is 0 Å². The predicted molar refractivity (Wildman–Crippen MR) is 105 cm³/mol. The van der Waals surface area contributed by atoms with Crippen LogP contribution in [0.1, 0.15) is 42.9 Å². The number of aryl methyl sites for hydroxylation is 2. The zero-order valence-corrected chi connectivity index (χ0v) is 15.8. The van der Waals surface area contributed by atoms with Gasteiger partial charge in [-0.05, 0) is 49.4 Å². The summed E-state index contributed by atoms with van der Waals surface area (Å²) in [5.74, 6) is -0.318. The minimum atomic E-state index is -0.250.